The maximum atomic E-state index is 11.8. The molecule has 1 aliphatic carbocycles. The van der Waals surface area contributed by atoms with Gasteiger partial charge in [0.2, 0.25) is 0 Å². The number of nitrogens with zero attached hydrogens (tertiary/aromatic N) is 2. The summed E-state index contributed by atoms with van der Waals surface area (Å²) in [6.07, 6.45) is 1.53. The summed E-state index contributed by atoms with van der Waals surface area (Å²) in [4.78, 5) is 14.2. The number of hydrazine groups is 1. The van der Waals surface area contributed by atoms with Crippen molar-refractivity contribution in [3.8, 4) is 0 Å². The standard InChI is InChI=1S/C31H34N4O3/c1-21-28-29(35(33-21)25-10-6-3-7-11-25)31(28,18-27(32)30(36)37)23-12-14-24(15-13-23)34-17-16-26(19-34)38-20-22-8-4-2-5-9-22/h2-15,21,26-27,33H,16-20,32H2,1H3,(H,36,37). The van der Waals surface area contributed by atoms with Crippen LogP contribution in [0.4, 0.5) is 11.4 Å². The fourth-order valence-electron chi connectivity index (χ4n) is 6.19. The van der Waals surface area contributed by atoms with E-state index >= 15 is 0 Å². The summed E-state index contributed by atoms with van der Waals surface area (Å²) in [6, 6.07) is 28.2. The Hall–Kier alpha value is -3.65. The molecule has 0 bridgehead atoms. The number of carboxylic acids is 1. The predicted octanol–water partition coefficient (Wildman–Crippen LogP) is 4.20. The molecule has 0 aromatic heterocycles. The number of benzene rings is 3. The Kier molecular flexibility index (Phi) is 6.43. The number of hydrogen-bond acceptors (Lipinski definition) is 6. The number of carboxylic acid groups (broad SMARTS) is 1. The Labute approximate surface area is 223 Å². The first-order valence-electron chi connectivity index (χ1n) is 13.3. The van der Waals surface area contributed by atoms with Crippen LogP contribution in [-0.4, -0.2) is 42.4 Å². The van der Waals surface area contributed by atoms with Gasteiger partial charge in [-0.3, -0.25) is 9.80 Å². The highest BCUT2D eigenvalue weighted by Crippen LogP contribution is 2.63. The Morgan fingerprint density at radius 1 is 1.05 bits per heavy atom. The quantitative estimate of drug-likeness (QED) is 0.397. The minimum absolute atomic E-state index is 0.0898. The fraction of sp³-hybridized carbons (Fsp3) is 0.323. The van der Waals surface area contributed by atoms with Crippen molar-refractivity contribution in [2.75, 3.05) is 23.0 Å². The van der Waals surface area contributed by atoms with Gasteiger partial charge in [-0.1, -0.05) is 60.7 Å². The van der Waals surface area contributed by atoms with Gasteiger partial charge in [-0.25, -0.2) is 5.43 Å². The number of rotatable bonds is 9. The minimum Gasteiger partial charge on any atom is -0.480 e. The van der Waals surface area contributed by atoms with Crippen molar-refractivity contribution >= 4 is 17.3 Å². The highest BCUT2D eigenvalue weighted by atomic mass is 16.5. The number of nitrogens with one attached hydrogen (secondary N) is 1. The summed E-state index contributed by atoms with van der Waals surface area (Å²) in [6.45, 7) is 4.57. The van der Waals surface area contributed by atoms with Crippen LogP contribution in [0, 0.1) is 0 Å². The second-order valence-corrected chi connectivity index (χ2v) is 10.5. The molecule has 0 amide bonds. The second-order valence-electron chi connectivity index (χ2n) is 10.5. The summed E-state index contributed by atoms with van der Waals surface area (Å²) in [5.41, 5.74) is 16.0. The van der Waals surface area contributed by atoms with Crippen molar-refractivity contribution in [2.24, 2.45) is 5.73 Å². The molecule has 2 heterocycles. The van der Waals surface area contributed by atoms with Gasteiger partial charge in [0.15, 0.2) is 0 Å². The number of para-hydroxylation sites is 1. The molecule has 3 aromatic rings. The first-order chi connectivity index (χ1) is 18.5. The van der Waals surface area contributed by atoms with Crippen LogP contribution in [0.25, 0.3) is 0 Å². The molecule has 2 aliphatic heterocycles. The number of nitrogens with two attached hydrogens (primary N) is 1. The molecule has 0 radical (unpaired) electrons. The lowest BCUT2D eigenvalue weighted by Gasteiger charge is -2.35. The van der Waals surface area contributed by atoms with E-state index in [9.17, 15) is 9.90 Å². The van der Waals surface area contributed by atoms with Gasteiger partial charge >= 0.3 is 5.97 Å². The number of hydrogen-bond donors (Lipinski definition) is 3. The lowest BCUT2D eigenvalue weighted by molar-refractivity contribution is -0.138. The van der Waals surface area contributed by atoms with E-state index in [1.807, 2.05) is 36.4 Å². The highest BCUT2D eigenvalue weighted by Gasteiger charge is 2.63. The van der Waals surface area contributed by atoms with Crippen LogP contribution in [0.15, 0.2) is 96.2 Å². The Bertz CT molecular complexity index is 1330. The maximum Gasteiger partial charge on any atom is 0.320 e. The maximum absolute atomic E-state index is 11.8. The van der Waals surface area contributed by atoms with E-state index in [4.69, 9.17) is 10.5 Å². The van der Waals surface area contributed by atoms with Crippen LogP contribution in [0.2, 0.25) is 0 Å². The molecule has 3 aromatic carbocycles. The van der Waals surface area contributed by atoms with E-state index in [2.05, 4.69) is 70.8 Å². The van der Waals surface area contributed by atoms with Crippen LogP contribution in [0.1, 0.15) is 30.9 Å². The van der Waals surface area contributed by atoms with E-state index in [1.54, 1.807) is 0 Å². The average molecular weight is 511 g/mol. The second kappa shape index (κ2) is 9.91. The summed E-state index contributed by atoms with van der Waals surface area (Å²) in [5.74, 6) is -0.974. The molecule has 1 fully saturated rings. The Morgan fingerprint density at radius 3 is 2.42 bits per heavy atom. The molecule has 0 saturated carbocycles. The average Bonchev–Trinajstić information content (AvgIpc) is 3.21. The molecular formula is C31H34N4O3. The first kappa shape index (κ1) is 24.7. The van der Waals surface area contributed by atoms with Crippen LogP contribution in [0.5, 0.6) is 0 Å². The third kappa shape index (κ3) is 4.36. The Balaban J connectivity index is 1.20. The van der Waals surface area contributed by atoms with Crippen molar-refractivity contribution in [3.63, 3.8) is 0 Å². The third-order valence-electron chi connectivity index (χ3n) is 8.09. The number of aliphatic carboxylic acids is 1. The van der Waals surface area contributed by atoms with E-state index < -0.39 is 17.4 Å². The van der Waals surface area contributed by atoms with E-state index in [0.717, 1.165) is 42.1 Å². The third-order valence-corrected chi connectivity index (χ3v) is 8.09. The molecule has 7 heteroatoms. The molecule has 196 valence electrons. The lowest BCUT2D eigenvalue weighted by Crippen LogP contribution is -2.47. The van der Waals surface area contributed by atoms with Crippen molar-refractivity contribution in [1.29, 1.82) is 0 Å². The molecule has 6 rings (SSSR count). The van der Waals surface area contributed by atoms with Crippen molar-refractivity contribution in [3.05, 3.63) is 107 Å². The molecular weight excluding hydrogens is 476 g/mol. The van der Waals surface area contributed by atoms with Crippen molar-refractivity contribution in [1.82, 2.24) is 5.43 Å². The number of ether oxygens (including phenoxy) is 1. The van der Waals surface area contributed by atoms with Gasteiger partial charge in [0.05, 0.1) is 29.5 Å². The van der Waals surface area contributed by atoms with Crippen molar-refractivity contribution < 1.29 is 14.6 Å². The number of allylic oxidation sites excluding steroid dienone is 1. The van der Waals surface area contributed by atoms with Gasteiger partial charge in [0.1, 0.15) is 6.04 Å². The van der Waals surface area contributed by atoms with Gasteiger partial charge in [-0.15, -0.1) is 0 Å². The van der Waals surface area contributed by atoms with Crippen LogP contribution < -0.4 is 21.1 Å². The van der Waals surface area contributed by atoms with E-state index in [0.29, 0.717) is 13.0 Å². The van der Waals surface area contributed by atoms with E-state index in [-0.39, 0.29) is 12.1 Å². The molecule has 0 spiro atoms. The smallest absolute Gasteiger partial charge is 0.320 e. The van der Waals surface area contributed by atoms with E-state index in [1.165, 1.54) is 11.1 Å². The normalized spacial score (nSPS) is 25.0. The summed E-state index contributed by atoms with van der Waals surface area (Å²) < 4.78 is 6.18. The molecule has 3 aliphatic rings. The van der Waals surface area contributed by atoms with Gasteiger partial charge in [-0.2, -0.15) is 0 Å². The van der Waals surface area contributed by atoms with Crippen LogP contribution in [0.3, 0.4) is 0 Å². The number of carbonyl (C=O) groups is 1. The van der Waals surface area contributed by atoms with Gasteiger partial charge < -0.3 is 20.5 Å². The SMILES string of the molecule is CC1NN(c2ccccc2)C2=C1C2(CC(N)C(=O)O)c1ccc(N2CCC(OCc3ccccc3)C2)cc1. The topological polar surface area (TPSA) is 91.1 Å². The van der Waals surface area contributed by atoms with Crippen LogP contribution in [-0.2, 0) is 21.6 Å². The zero-order valence-electron chi connectivity index (χ0n) is 21.6. The zero-order valence-corrected chi connectivity index (χ0v) is 21.6. The van der Waals surface area contributed by atoms with Crippen LogP contribution >= 0.6 is 0 Å². The molecule has 4 N–H and O–H groups in total. The largest absolute Gasteiger partial charge is 0.480 e. The van der Waals surface area contributed by atoms with Gasteiger partial charge in [-0.05, 0) is 60.7 Å². The fourth-order valence-corrected chi connectivity index (χ4v) is 6.19. The Morgan fingerprint density at radius 2 is 1.74 bits per heavy atom. The zero-order chi connectivity index (χ0) is 26.3. The summed E-state index contributed by atoms with van der Waals surface area (Å²) in [5, 5.41) is 11.8. The summed E-state index contributed by atoms with van der Waals surface area (Å²) >= 11 is 0. The monoisotopic (exact) mass is 510 g/mol. The first-order valence-corrected chi connectivity index (χ1v) is 13.3. The molecule has 38 heavy (non-hydrogen) atoms. The minimum atomic E-state index is -0.974. The van der Waals surface area contributed by atoms with Crippen molar-refractivity contribution in [2.45, 2.75) is 50.0 Å². The van der Waals surface area contributed by atoms with Gasteiger partial charge in [0.25, 0.3) is 0 Å². The number of anilines is 2. The molecule has 7 nitrogen and oxygen atoms in total. The van der Waals surface area contributed by atoms with Gasteiger partial charge in [0, 0.05) is 24.8 Å². The molecule has 1 saturated heterocycles. The highest BCUT2D eigenvalue weighted by molar-refractivity contribution is 5.79. The molecule has 4 unspecified atom stereocenters. The molecule has 4 atom stereocenters. The lowest BCUT2D eigenvalue weighted by atomic mass is 9.81. The summed E-state index contributed by atoms with van der Waals surface area (Å²) in [7, 11) is 0. The predicted molar refractivity (Wildman–Crippen MR) is 149 cm³/mol.